The number of hydrogen-bond donors (Lipinski definition) is 9. The van der Waals surface area contributed by atoms with E-state index in [1.165, 1.54) is 0 Å². The van der Waals surface area contributed by atoms with Gasteiger partial charge in [0.2, 0.25) is 0 Å². The fourth-order valence-corrected chi connectivity index (χ4v) is 16.0. The summed E-state index contributed by atoms with van der Waals surface area (Å²) < 4.78 is 20.4. The average molecular weight is 881 g/mol. The second kappa shape index (κ2) is 17.4. The second-order valence-electron chi connectivity index (χ2n) is 11.6. The topological polar surface area (TPSA) is 244 Å². The SMILES string of the molecule is O=C(O)CCC(=O)O[C@@]1([C@@]2(CO)O[C@H](CO)[C@@H](O)[C@@H]2O)O[C@H](CO)[C@@H](O)[C@H](O)[C@H]1O.c1cc[c]([Pb]([c]2ccccc2)[c]2ccccc2)cc1. The molecule has 5 rings (SSSR count). The molecule has 0 spiro atoms. The summed E-state index contributed by atoms with van der Waals surface area (Å²) in [5, 5.41) is 89.2. The van der Waals surface area contributed by atoms with Crippen LogP contribution in [0, 0.1) is 0 Å². The molecule has 49 heavy (non-hydrogen) atoms. The van der Waals surface area contributed by atoms with Crippen molar-refractivity contribution in [3.05, 3.63) is 91.0 Å². The first kappa shape index (κ1) is 38.9. The fourth-order valence-electron chi connectivity index (χ4n) is 5.97. The Labute approximate surface area is 290 Å². The molecule has 0 bridgehead atoms. The number of rotatable bonds is 11. The van der Waals surface area contributed by atoms with Gasteiger partial charge in [0.25, 0.3) is 5.79 Å². The summed E-state index contributed by atoms with van der Waals surface area (Å²) in [6, 6.07) is 33.0. The van der Waals surface area contributed by atoms with E-state index in [0.29, 0.717) is 0 Å². The number of carbonyl (C=O) groups excluding carboxylic acids is 1. The molecular formula is C34H41O14Pb. The average Bonchev–Trinajstić information content (AvgIpc) is 3.39. The van der Waals surface area contributed by atoms with Gasteiger partial charge in [0.15, 0.2) is 11.7 Å². The number of hydrogen-bond acceptors (Lipinski definition) is 13. The van der Waals surface area contributed by atoms with Crippen molar-refractivity contribution < 1.29 is 69.8 Å². The first-order chi connectivity index (χ1) is 23.5. The van der Waals surface area contributed by atoms with E-state index in [0.717, 1.165) is 0 Å². The van der Waals surface area contributed by atoms with Crippen LogP contribution in [0.5, 0.6) is 0 Å². The summed E-state index contributed by atoms with van der Waals surface area (Å²) in [6.45, 7) is -3.16. The van der Waals surface area contributed by atoms with Crippen molar-refractivity contribution in [3.8, 4) is 0 Å². The molecule has 2 aliphatic rings. The molecule has 0 saturated carbocycles. The van der Waals surface area contributed by atoms with E-state index in [2.05, 4.69) is 91.0 Å². The van der Waals surface area contributed by atoms with Gasteiger partial charge in [-0.1, -0.05) is 0 Å². The number of aliphatic hydroxyl groups excluding tert-OH is 8. The standard InChI is InChI=1S/C16H26O14.3C6H5.Pb/c17-3-6-10(23)12(25)14(27)16(29-6,30-9(22)2-1-8(20)21)15(5-19)13(26)11(24)7(4-18)28-15;3*1-2-4-6-5-3-1;/h6-7,10-14,17-19,23-27H,1-5H2,(H,20,21);3*1-5H;/t6-,7-,10-,11-,12+,13+,14-,15+,16+;;;;/m1..../s1. The van der Waals surface area contributed by atoms with Gasteiger partial charge in [0.05, 0.1) is 32.7 Å². The molecule has 265 valence electrons. The predicted octanol–water partition coefficient (Wildman–Crippen LogP) is -3.39. The monoisotopic (exact) mass is 881 g/mol. The normalized spacial score (nSPS) is 31.1. The molecule has 2 saturated heterocycles. The quantitative estimate of drug-likeness (QED) is 0.0675. The molecule has 0 aliphatic carbocycles. The molecule has 0 aromatic heterocycles. The maximum atomic E-state index is 12.3. The summed E-state index contributed by atoms with van der Waals surface area (Å²) in [6.07, 6.45) is -15.2. The van der Waals surface area contributed by atoms with Crippen LogP contribution in [0.3, 0.4) is 0 Å². The van der Waals surface area contributed by atoms with Crippen molar-refractivity contribution in [2.24, 2.45) is 0 Å². The zero-order chi connectivity index (χ0) is 35.8. The summed E-state index contributed by atoms with van der Waals surface area (Å²) >= 11 is -2.17. The van der Waals surface area contributed by atoms with E-state index >= 15 is 0 Å². The van der Waals surface area contributed by atoms with Crippen LogP contribution >= 0.6 is 0 Å². The van der Waals surface area contributed by atoms with E-state index in [1.807, 2.05) is 0 Å². The first-order valence-corrected chi connectivity index (χ1v) is 21.3. The number of benzene rings is 3. The van der Waals surface area contributed by atoms with Crippen molar-refractivity contribution in [1.29, 1.82) is 0 Å². The van der Waals surface area contributed by atoms with Gasteiger partial charge in [-0.25, -0.2) is 0 Å². The molecule has 9 atom stereocenters. The minimum atomic E-state index is -3.02. The van der Waals surface area contributed by atoms with Gasteiger partial charge in [0.1, 0.15) is 36.6 Å². The van der Waals surface area contributed by atoms with Crippen LogP contribution in [0.25, 0.3) is 0 Å². The Morgan fingerprint density at radius 2 is 1.08 bits per heavy atom. The molecule has 2 heterocycles. The van der Waals surface area contributed by atoms with E-state index in [-0.39, 0.29) is 0 Å². The van der Waals surface area contributed by atoms with Gasteiger partial charge >= 0.3 is 135 Å². The third kappa shape index (κ3) is 8.21. The predicted molar refractivity (Wildman–Crippen MR) is 173 cm³/mol. The third-order valence-corrected chi connectivity index (χ3v) is 19.1. The fraction of sp³-hybridized carbons (Fsp3) is 0.412. The Bertz CT molecular complexity index is 1390. The number of carboxylic acids is 1. The van der Waals surface area contributed by atoms with Crippen LogP contribution in [0.4, 0.5) is 0 Å². The summed E-state index contributed by atoms with van der Waals surface area (Å²) in [4.78, 5) is 23.0. The van der Waals surface area contributed by atoms with E-state index in [1.54, 1.807) is 9.37 Å². The van der Waals surface area contributed by atoms with Crippen molar-refractivity contribution in [2.45, 2.75) is 67.0 Å². The van der Waals surface area contributed by atoms with Gasteiger partial charge in [-0.05, 0) is 0 Å². The Hall–Kier alpha value is -2.88. The summed E-state index contributed by atoms with van der Waals surface area (Å²) in [5.74, 6) is -5.73. The number of carboxylic acid groups (broad SMARTS) is 1. The van der Waals surface area contributed by atoms with Crippen LogP contribution in [0.2, 0.25) is 0 Å². The molecule has 9 N–H and O–H groups in total. The molecule has 2 fully saturated rings. The van der Waals surface area contributed by atoms with Crippen LogP contribution in [-0.4, -0.2) is 155 Å². The Morgan fingerprint density at radius 3 is 1.47 bits per heavy atom. The molecule has 0 amide bonds. The van der Waals surface area contributed by atoms with Crippen molar-refractivity contribution in [1.82, 2.24) is 0 Å². The molecule has 1 radical (unpaired) electrons. The van der Waals surface area contributed by atoms with Crippen molar-refractivity contribution in [3.63, 3.8) is 0 Å². The van der Waals surface area contributed by atoms with E-state index < -0.39 is 121 Å². The molecule has 3 aromatic carbocycles. The number of esters is 1. The molecule has 0 unspecified atom stereocenters. The van der Waals surface area contributed by atoms with E-state index in [4.69, 9.17) is 19.3 Å². The second-order valence-corrected chi connectivity index (χ2v) is 21.2. The first-order valence-electron chi connectivity index (χ1n) is 15.5. The summed E-state index contributed by atoms with van der Waals surface area (Å²) in [7, 11) is 0. The Balaban J connectivity index is 0.000000242. The number of aliphatic hydroxyl groups is 8. The van der Waals surface area contributed by atoms with Gasteiger partial charge in [-0.2, -0.15) is 0 Å². The number of ether oxygens (including phenoxy) is 3. The molecule has 14 nitrogen and oxygen atoms in total. The third-order valence-electron chi connectivity index (χ3n) is 8.49. The molecule has 3 aromatic rings. The van der Waals surface area contributed by atoms with E-state index in [9.17, 15) is 50.4 Å². The van der Waals surface area contributed by atoms with Gasteiger partial charge in [0, 0.05) is 0 Å². The maximum absolute atomic E-state index is 12.3. The van der Waals surface area contributed by atoms with Crippen molar-refractivity contribution >= 4 is 44.0 Å². The van der Waals surface area contributed by atoms with Crippen LogP contribution in [-0.2, 0) is 23.8 Å². The van der Waals surface area contributed by atoms with Crippen LogP contribution in [0.15, 0.2) is 91.0 Å². The summed E-state index contributed by atoms with van der Waals surface area (Å²) in [5.41, 5.74) is -2.70. The van der Waals surface area contributed by atoms with Crippen LogP contribution < -0.4 is 9.37 Å². The Morgan fingerprint density at radius 1 is 0.633 bits per heavy atom. The van der Waals surface area contributed by atoms with Gasteiger partial charge in [-0.15, -0.1) is 0 Å². The van der Waals surface area contributed by atoms with Crippen molar-refractivity contribution in [2.75, 3.05) is 19.8 Å². The zero-order valence-corrected chi connectivity index (χ0v) is 30.2. The van der Waals surface area contributed by atoms with Gasteiger partial charge in [-0.3, -0.25) is 9.59 Å². The zero-order valence-electron chi connectivity index (χ0n) is 26.3. The Kier molecular flexibility index (Phi) is 13.8. The van der Waals surface area contributed by atoms with Gasteiger partial charge < -0.3 is 60.2 Å². The minimum absolute atomic E-state index is 0.711. The number of carbonyl (C=O) groups is 2. The molecule has 15 heteroatoms. The number of aliphatic carboxylic acids is 1. The molecule has 2 aliphatic heterocycles. The molecular weight excluding hydrogens is 840 g/mol. The van der Waals surface area contributed by atoms with Crippen LogP contribution in [0.1, 0.15) is 12.8 Å².